The molecule has 2 aromatic carbocycles. The third kappa shape index (κ3) is 8.81. The Morgan fingerprint density at radius 2 is 1.57 bits per heavy atom. The Morgan fingerprint density at radius 1 is 0.868 bits per heavy atom. The van der Waals surface area contributed by atoms with Crippen molar-refractivity contribution in [3.63, 3.8) is 0 Å². The number of likely N-dealkylation sites (N-methyl/N-ethyl adjacent to an activating group) is 1. The molecule has 2 fully saturated rings. The minimum atomic E-state index is -0.679. The maximum atomic E-state index is 13.6. The minimum absolute atomic E-state index is 0.0126. The number of H-pyrrole nitrogens is 2. The highest BCUT2D eigenvalue weighted by molar-refractivity contribution is 5.86. The number of nitrogens with one attached hydrogen (secondary N) is 3. The molecule has 4 heterocycles. The van der Waals surface area contributed by atoms with Crippen LogP contribution in [0.3, 0.4) is 0 Å². The van der Waals surface area contributed by atoms with E-state index < -0.39 is 12.1 Å². The van der Waals surface area contributed by atoms with Crippen molar-refractivity contribution in [2.45, 2.75) is 83.8 Å². The number of amides is 3. The lowest BCUT2D eigenvalue weighted by Gasteiger charge is -2.31. The number of carbonyl (C=O) groups excluding carboxylic acids is 3. The molecular formula is C41H53N7O5. The van der Waals surface area contributed by atoms with Crippen LogP contribution in [0.1, 0.15) is 89.4 Å². The minimum Gasteiger partial charge on any atom is -0.453 e. The number of rotatable bonds is 8. The molecule has 2 aliphatic heterocycles. The smallest absolute Gasteiger partial charge is 0.407 e. The zero-order valence-electron chi connectivity index (χ0n) is 31.6. The zero-order valence-corrected chi connectivity index (χ0v) is 31.6. The molecule has 282 valence electrons. The van der Waals surface area contributed by atoms with E-state index in [-0.39, 0.29) is 29.8 Å². The number of alkyl carbamates (subject to hydrolysis) is 1. The average Bonchev–Trinajstić information content (AvgIpc) is 3.97. The monoisotopic (exact) mass is 723 g/mol. The summed E-state index contributed by atoms with van der Waals surface area (Å²) in [6.45, 7) is 8.13. The number of benzene rings is 2. The van der Waals surface area contributed by atoms with Crippen molar-refractivity contribution in [3.05, 3.63) is 72.6 Å². The molecule has 6 rings (SSSR count). The Morgan fingerprint density at radius 3 is 2.26 bits per heavy atom. The van der Waals surface area contributed by atoms with Gasteiger partial charge in [-0.05, 0) is 54.7 Å². The molecule has 12 nitrogen and oxygen atoms in total. The quantitative estimate of drug-likeness (QED) is 0.173. The topological polar surface area (TPSA) is 146 Å². The summed E-state index contributed by atoms with van der Waals surface area (Å²) in [5, 5.41) is 2.73. The van der Waals surface area contributed by atoms with Gasteiger partial charge < -0.3 is 34.6 Å². The maximum Gasteiger partial charge on any atom is 0.407 e. The molecule has 2 aromatic heterocycles. The summed E-state index contributed by atoms with van der Waals surface area (Å²) >= 11 is 0. The van der Waals surface area contributed by atoms with Crippen LogP contribution in [0.5, 0.6) is 0 Å². The van der Waals surface area contributed by atoms with Gasteiger partial charge in [-0.1, -0.05) is 82.1 Å². The van der Waals surface area contributed by atoms with E-state index in [1.54, 1.807) is 18.1 Å². The highest BCUT2D eigenvalue weighted by atomic mass is 16.5. The lowest BCUT2D eigenvalue weighted by Crippen LogP contribution is -2.48. The van der Waals surface area contributed by atoms with Gasteiger partial charge in [-0.2, -0.15) is 0 Å². The Bertz CT molecular complexity index is 1830. The first kappa shape index (κ1) is 37.8. The van der Waals surface area contributed by atoms with Crippen molar-refractivity contribution in [1.29, 1.82) is 0 Å². The molecule has 3 amide bonds. The second-order valence-corrected chi connectivity index (χ2v) is 14.6. The van der Waals surface area contributed by atoms with Crippen LogP contribution < -0.4 is 5.32 Å². The van der Waals surface area contributed by atoms with Crippen molar-refractivity contribution in [1.82, 2.24) is 35.1 Å². The normalized spacial score (nSPS) is 20.9. The first-order chi connectivity index (χ1) is 25.6. The van der Waals surface area contributed by atoms with Gasteiger partial charge in [0.05, 0.1) is 36.8 Å². The van der Waals surface area contributed by atoms with Crippen LogP contribution >= 0.6 is 0 Å². The summed E-state index contributed by atoms with van der Waals surface area (Å²) < 4.78 is 10.7. The third-order valence-corrected chi connectivity index (χ3v) is 10.9. The fourth-order valence-corrected chi connectivity index (χ4v) is 7.24. The van der Waals surface area contributed by atoms with Gasteiger partial charge in [0.2, 0.25) is 11.8 Å². The molecule has 0 bridgehead atoms. The number of nitrogens with zero attached hydrogens (tertiary/aromatic N) is 4. The van der Waals surface area contributed by atoms with Gasteiger partial charge in [-0.3, -0.25) is 9.59 Å². The van der Waals surface area contributed by atoms with Crippen LogP contribution in [0.2, 0.25) is 0 Å². The number of ether oxygens (including phenoxy) is 2. The Kier molecular flexibility index (Phi) is 12.3. The zero-order chi connectivity index (χ0) is 37.5. The molecular weight excluding hydrogens is 670 g/mol. The molecule has 2 aliphatic rings. The summed E-state index contributed by atoms with van der Waals surface area (Å²) in [5.74, 6) is 1.81. The van der Waals surface area contributed by atoms with Gasteiger partial charge >= 0.3 is 6.09 Å². The number of carbonyl (C=O) groups is 3. The summed E-state index contributed by atoms with van der Waals surface area (Å²) in [7, 11) is 3.05. The van der Waals surface area contributed by atoms with Crippen LogP contribution in [-0.4, -0.2) is 87.6 Å². The van der Waals surface area contributed by atoms with E-state index in [9.17, 15) is 14.4 Å². The standard InChI is InChI=1S/C41H53N7O5/c1-26(2)27(3)39(49)48-21-9-11-36(48)38-43-25-34(45-38)31-18-14-29(15-19-31)28-12-16-30(17-13-28)33-24-42-37(44-33)35-20-23-53-22-8-6-7-10-32(40(50)47(35)4)46-41(51)52-5/h12-19,24-27,32,35-36H,6-11,20-23H2,1-5H3,(H,42,44)(H,43,45)(H,46,51)/t27-,32-,35-,36-/m0/s1. The van der Waals surface area contributed by atoms with Crippen molar-refractivity contribution >= 4 is 17.9 Å². The summed E-state index contributed by atoms with van der Waals surface area (Å²) in [5.41, 5.74) is 5.85. The molecule has 2 saturated heterocycles. The van der Waals surface area contributed by atoms with E-state index >= 15 is 0 Å². The summed E-state index contributed by atoms with van der Waals surface area (Å²) in [6, 6.07) is 15.6. The van der Waals surface area contributed by atoms with Crippen LogP contribution in [0.25, 0.3) is 33.6 Å². The molecule has 3 N–H and O–H groups in total. The number of hydrogen-bond donors (Lipinski definition) is 3. The van der Waals surface area contributed by atoms with Crippen LogP contribution in [0.4, 0.5) is 4.79 Å². The number of imidazole rings is 2. The van der Waals surface area contributed by atoms with Crippen LogP contribution in [0.15, 0.2) is 60.9 Å². The van der Waals surface area contributed by atoms with E-state index in [1.807, 2.05) is 18.0 Å². The lowest BCUT2D eigenvalue weighted by molar-refractivity contribution is -0.137. The van der Waals surface area contributed by atoms with Crippen molar-refractivity contribution in [2.24, 2.45) is 11.8 Å². The van der Waals surface area contributed by atoms with Crippen molar-refractivity contribution in [3.8, 4) is 33.6 Å². The first-order valence-corrected chi connectivity index (χ1v) is 19.0. The van der Waals surface area contributed by atoms with E-state index in [4.69, 9.17) is 19.4 Å². The maximum absolute atomic E-state index is 13.6. The molecule has 12 heteroatoms. The molecule has 0 unspecified atom stereocenters. The summed E-state index contributed by atoms with van der Waals surface area (Å²) in [6.07, 6.45) is 8.70. The van der Waals surface area contributed by atoms with E-state index in [2.05, 4.69) is 77.7 Å². The Balaban J connectivity index is 1.13. The van der Waals surface area contributed by atoms with E-state index in [0.29, 0.717) is 37.8 Å². The van der Waals surface area contributed by atoms with E-state index in [0.717, 1.165) is 78.1 Å². The highest BCUT2D eigenvalue weighted by Crippen LogP contribution is 2.34. The van der Waals surface area contributed by atoms with Crippen molar-refractivity contribution in [2.75, 3.05) is 33.9 Å². The van der Waals surface area contributed by atoms with Crippen molar-refractivity contribution < 1.29 is 23.9 Å². The predicted octanol–water partition coefficient (Wildman–Crippen LogP) is 7.29. The third-order valence-electron chi connectivity index (χ3n) is 10.9. The first-order valence-electron chi connectivity index (χ1n) is 19.0. The molecule has 0 spiro atoms. The van der Waals surface area contributed by atoms with E-state index in [1.165, 1.54) is 7.11 Å². The van der Waals surface area contributed by atoms with Crippen LogP contribution in [0, 0.1) is 11.8 Å². The largest absolute Gasteiger partial charge is 0.453 e. The SMILES string of the molecule is COC(=O)N[C@H]1CCCCCOCC[C@@H](c2ncc(-c3ccc(-c4ccc(-c5c[nH]c([C@@H]6CCCN6C(=O)[C@@H](C)C(C)C)n5)cc4)cc3)[nH]2)N(C)C1=O. The van der Waals surface area contributed by atoms with Gasteiger partial charge in [0.25, 0.3) is 0 Å². The Labute approximate surface area is 312 Å². The molecule has 0 aliphatic carbocycles. The molecule has 4 atom stereocenters. The van der Waals surface area contributed by atoms with Gasteiger partial charge in [-0.15, -0.1) is 0 Å². The second kappa shape index (κ2) is 17.2. The highest BCUT2D eigenvalue weighted by Gasteiger charge is 2.35. The van der Waals surface area contributed by atoms with Gasteiger partial charge in [0.1, 0.15) is 17.7 Å². The van der Waals surface area contributed by atoms with Gasteiger partial charge in [0.15, 0.2) is 0 Å². The molecule has 0 saturated carbocycles. The average molecular weight is 724 g/mol. The molecule has 4 aromatic rings. The lowest BCUT2D eigenvalue weighted by atomic mass is 9.96. The number of aromatic nitrogens is 4. The fraction of sp³-hybridized carbons (Fsp3) is 0.488. The number of aromatic amines is 2. The number of methoxy groups -OCH3 is 1. The summed E-state index contributed by atoms with van der Waals surface area (Å²) in [4.78, 5) is 58.9. The second-order valence-electron chi connectivity index (χ2n) is 14.6. The van der Waals surface area contributed by atoms with Gasteiger partial charge in [-0.25, -0.2) is 14.8 Å². The molecule has 53 heavy (non-hydrogen) atoms. The van der Waals surface area contributed by atoms with Gasteiger partial charge in [0, 0.05) is 44.5 Å². The number of likely N-dealkylation sites (tertiary alicyclic amines) is 1. The molecule has 0 radical (unpaired) electrons. The number of hydrogen-bond acceptors (Lipinski definition) is 7. The predicted molar refractivity (Wildman–Crippen MR) is 203 cm³/mol. The fourth-order valence-electron chi connectivity index (χ4n) is 7.24. The van der Waals surface area contributed by atoms with Crippen LogP contribution in [-0.2, 0) is 19.1 Å². The Hall–Kier alpha value is -4.97.